The van der Waals surface area contributed by atoms with Crippen molar-refractivity contribution in [2.75, 3.05) is 19.6 Å². The second-order valence-corrected chi connectivity index (χ2v) is 8.26. The molecular weight excluding hydrogens is 392 g/mol. The highest BCUT2D eigenvalue weighted by Crippen LogP contribution is 2.30. The van der Waals surface area contributed by atoms with Crippen molar-refractivity contribution in [2.45, 2.75) is 39.8 Å². The van der Waals surface area contributed by atoms with Crippen molar-refractivity contribution in [3.8, 4) is 5.75 Å². The van der Waals surface area contributed by atoms with E-state index in [-0.39, 0.29) is 17.9 Å². The van der Waals surface area contributed by atoms with E-state index in [1.807, 2.05) is 73.0 Å². The van der Waals surface area contributed by atoms with Gasteiger partial charge in [-0.25, -0.2) is 0 Å². The quantitative estimate of drug-likeness (QED) is 0.702. The van der Waals surface area contributed by atoms with Gasteiger partial charge in [0.2, 0.25) is 0 Å². The number of fused-ring (bicyclic) bond motifs is 1. The molecule has 7 heteroatoms. The summed E-state index contributed by atoms with van der Waals surface area (Å²) >= 11 is 0. The van der Waals surface area contributed by atoms with Crippen LogP contribution in [0, 0.1) is 13.8 Å². The molecule has 0 radical (unpaired) electrons. The van der Waals surface area contributed by atoms with Crippen LogP contribution in [-0.2, 0) is 4.79 Å². The molecular formula is C24H28N4O3. The van der Waals surface area contributed by atoms with Gasteiger partial charge < -0.3 is 14.5 Å². The van der Waals surface area contributed by atoms with Crippen LogP contribution in [0.4, 0.5) is 0 Å². The second kappa shape index (κ2) is 8.41. The van der Waals surface area contributed by atoms with Gasteiger partial charge in [-0.15, -0.1) is 0 Å². The number of H-pyrrole nitrogens is 1. The Kier molecular flexibility index (Phi) is 5.67. The molecule has 0 unspecified atom stereocenters. The predicted octanol–water partition coefficient (Wildman–Crippen LogP) is 3.32. The van der Waals surface area contributed by atoms with Crippen LogP contribution in [0.25, 0.3) is 10.9 Å². The molecule has 0 spiro atoms. The van der Waals surface area contributed by atoms with E-state index in [9.17, 15) is 9.59 Å². The molecule has 1 saturated heterocycles. The van der Waals surface area contributed by atoms with E-state index in [1.54, 1.807) is 6.92 Å². The van der Waals surface area contributed by atoms with Gasteiger partial charge in [0.1, 0.15) is 5.75 Å². The highest BCUT2D eigenvalue weighted by molar-refractivity contribution is 5.94. The van der Waals surface area contributed by atoms with Gasteiger partial charge in [-0.05, 0) is 57.5 Å². The molecule has 1 aromatic heterocycles. The molecule has 0 bridgehead atoms. The van der Waals surface area contributed by atoms with Crippen LogP contribution in [0.1, 0.15) is 35.5 Å². The van der Waals surface area contributed by atoms with E-state index >= 15 is 0 Å². The number of amides is 2. The average Bonchev–Trinajstić information content (AvgIpc) is 3.13. The van der Waals surface area contributed by atoms with Gasteiger partial charge in [0.15, 0.2) is 6.10 Å². The topological polar surface area (TPSA) is 78.5 Å². The number of aromatic amines is 1. The molecule has 2 heterocycles. The Balaban J connectivity index is 1.44. The number of hydrogen-bond donors (Lipinski definition) is 1. The number of nitrogens with one attached hydrogen (secondary N) is 1. The van der Waals surface area contributed by atoms with Gasteiger partial charge in [-0.2, -0.15) is 5.10 Å². The minimum Gasteiger partial charge on any atom is -0.480 e. The first kappa shape index (κ1) is 20.9. The van der Waals surface area contributed by atoms with Crippen LogP contribution < -0.4 is 4.74 Å². The first-order chi connectivity index (χ1) is 14.8. The zero-order valence-electron chi connectivity index (χ0n) is 18.4. The number of hydrogen-bond acceptors (Lipinski definition) is 4. The van der Waals surface area contributed by atoms with Gasteiger partial charge in [-0.1, -0.05) is 18.2 Å². The van der Waals surface area contributed by atoms with E-state index in [1.165, 1.54) is 0 Å². The number of nitrogens with zero attached hydrogens (tertiary/aromatic N) is 3. The summed E-state index contributed by atoms with van der Waals surface area (Å²) < 4.78 is 6.12. The molecule has 1 aliphatic rings. The summed E-state index contributed by atoms with van der Waals surface area (Å²) in [6, 6.07) is 13.1. The first-order valence-electron chi connectivity index (χ1n) is 10.6. The summed E-state index contributed by atoms with van der Waals surface area (Å²) in [6.45, 7) is 9.16. The fraction of sp³-hybridized carbons (Fsp3) is 0.375. The molecule has 2 atom stereocenters. The molecule has 3 aromatic rings. The Morgan fingerprint density at radius 3 is 2.61 bits per heavy atom. The van der Waals surface area contributed by atoms with Crippen LogP contribution in [0.5, 0.6) is 5.75 Å². The third-order valence-corrected chi connectivity index (χ3v) is 5.81. The molecule has 2 aromatic carbocycles. The van der Waals surface area contributed by atoms with Gasteiger partial charge in [-0.3, -0.25) is 14.7 Å². The Morgan fingerprint density at radius 2 is 1.90 bits per heavy atom. The Morgan fingerprint density at radius 1 is 1.16 bits per heavy atom. The number of aromatic nitrogens is 2. The maximum atomic E-state index is 13.2. The van der Waals surface area contributed by atoms with E-state index < -0.39 is 6.10 Å². The first-order valence-corrected chi connectivity index (χ1v) is 10.6. The number of aryl methyl sites for hydroxylation is 2. The molecule has 0 saturated carbocycles. The molecule has 2 amide bonds. The second-order valence-electron chi connectivity index (χ2n) is 8.26. The van der Waals surface area contributed by atoms with Gasteiger partial charge in [0.05, 0.1) is 10.9 Å². The number of piperazine rings is 1. The molecule has 7 nitrogen and oxygen atoms in total. The SMILES string of the molecule is Cc1cc(O[C@@H](C)C(=O)N2CCN(C(=O)c3ccccc3)C[C@H]2C)c2c(C)[nH]nc2c1. The lowest BCUT2D eigenvalue weighted by molar-refractivity contribution is -0.142. The van der Waals surface area contributed by atoms with Crippen molar-refractivity contribution in [1.82, 2.24) is 20.0 Å². The molecule has 0 aliphatic carbocycles. The highest BCUT2D eigenvalue weighted by Gasteiger charge is 2.33. The summed E-state index contributed by atoms with van der Waals surface area (Å²) in [5, 5.41) is 8.19. The maximum absolute atomic E-state index is 13.2. The zero-order chi connectivity index (χ0) is 22.1. The number of ether oxygens (including phenoxy) is 1. The van der Waals surface area contributed by atoms with E-state index in [0.29, 0.717) is 30.9 Å². The van der Waals surface area contributed by atoms with Gasteiger partial charge in [0, 0.05) is 36.9 Å². The summed E-state index contributed by atoms with van der Waals surface area (Å²) in [5.74, 6) is 0.587. The van der Waals surface area contributed by atoms with Crippen molar-refractivity contribution >= 4 is 22.7 Å². The number of benzene rings is 2. The molecule has 1 aliphatic heterocycles. The van der Waals surface area contributed by atoms with Crippen LogP contribution in [0.2, 0.25) is 0 Å². The van der Waals surface area contributed by atoms with Crippen LogP contribution >= 0.6 is 0 Å². The Hall–Kier alpha value is -3.35. The summed E-state index contributed by atoms with van der Waals surface area (Å²) in [7, 11) is 0. The molecule has 1 fully saturated rings. The van der Waals surface area contributed by atoms with Gasteiger partial charge in [0.25, 0.3) is 11.8 Å². The van der Waals surface area contributed by atoms with Crippen molar-refractivity contribution < 1.29 is 14.3 Å². The highest BCUT2D eigenvalue weighted by atomic mass is 16.5. The minimum absolute atomic E-state index is 0.00133. The summed E-state index contributed by atoms with van der Waals surface area (Å²) in [6.07, 6.45) is -0.641. The third kappa shape index (κ3) is 4.13. The average molecular weight is 421 g/mol. The largest absolute Gasteiger partial charge is 0.480 e. The van der Waals surface area contributed by atoms with E-state index in [0.717, 1.165) is 22.2 Å². The van der Waals surface area contributed by atoms with Crippen LogP contribution in [-0.4, -0.2) is 63.6 Å². The van der Waals surface area contributed by atoms with E-state index in [4.69, 9.17) is 4.74 Å². The monoisotopic (exact) mass is 420 g/mol. The zero-order valence-corrected chi connectivity index (χ0v) is 18.4. The Labute approximate surface area is 182 Å². The summed E-state index contributed by atoms with van der Waals surface area (Å²) in [4.78, 5) is 29.6. The fourth-order valence-corrected chi connectivity index (χ4v) is 4.20. The van der Waals surface area contributed by atoms with Crippen molar-refractivity contribution in [3.05, 3.63) is 59.3 Å². The molecule has 162 valence electrons. The fourth-order valence-electron chi connectivity index (χ4n) is 4.20. The predicted molar refractivity (Wildman–Crippen MR) is 119 cm³/mol. The van der Waals surface area contributed by atoms with Crippen molar-refractivity contribution in [1.29, 1.82) is 0 Å². The minimum atomic E-state index is -0.641. The van der Waals surface area contributed by atoms with Crippen molar-refractivity contribution in [2.24, 2.45) is 0 Å². The lowest BCUT2D eigenvalue weighted by Crippen LogP contribution is -2.57. The lowest BCUT2D eigenvalue weighted by Gasteiger charge is -2.40. The molecule has 4 rings (SSSR count). The van der Waals surface area contributed by atoms with Gasteiger partial charge >= 0.3 is 0 Å². The normalized spacial score (nSPS) is 17.6. The van der Waals surface area contributed by atoms with Crippen molar-refractivity contribution in [3.63, 3.8) is 0 Å². The summed E-state index contributed by atoms with van der Waals surface area (Å²) in [5.41, 5.74) is 3.43. The smallest absolute Gasteiger partial charge is 0.263 e. The third-order valence-electron chi connectivity index (χ3n) is 5.81. The lowest BCUT2D eigenvalue weighted by atomic mass is 10.1. The standard InChI is InChI=1S/C24H28N4O3/c1-15-12-20-22(17(3)25-26-20)21(13-15)31-18(4)23(29)28-11-10-27(14-16(28)2)24(30)19-8-6-5-7-9-19/h5-9,12-13,16,18H,10-11,14H2,1-4H3,(H,25,26)/t16-,18+/m1/s1. The maximum Gasteiger partial charge on any atom is 0.263 e. The number of carbonyl (C=O) groups excluding carboxylic acids is 2. The molecule has 1 N–H and O–H groups in total. The van der Waals surface area contributed by atoms with E-state index in [2.05, 4.69) is 10.2 Å². The van der Waals surface area contributed by atoms with Crippen LogP contribution in [0.3, 0.4) is 0 Å². The molecule has 31 heavy (non-hydrogen) atoms. The number of rotatable bonds is 4. The Bertz CT molecular complexity index is 1110. The number of carbonyl (C=O) groups is 2. The van der Waals surface area contributed by atoms with Crippen LogP contribution in [0.15, 0.2) is 42.5 Å².